The van der Waals surface area contributed by atoms with E-state index in [0.29, 0.717) is 17.5 Å². The van der Waals surface area contributed by atoms with Crippen LogP contribution in [0.25, 0.3) is 94.1 Å². The van der Waals surface area contributed by atoms with Crippen LogP contribution in [-0.2, 0) is 0 Å². The molecular formula is C43H27N3O2. The van der Waals surface area contributed by atoms with Crippen LogP contribution in [0.3, 0.4) is 0 Å². The Hall–Kier alpha value is -6.33. The summed E-state index contributed by atoms with van der Waals surface area (Å²) in [5.41, 5.74) is 8.24. The van der Waals surface area contributed by atoms with Gasteiger partial charge in [0.2, 0.25) is 0 Å². The van der Waals surface area contributed by atoms with Gasteiger partial charge in [-0.1, -0.05) is 109 Å². The van der Waals surface area contributed by atoms with Gasteiger partial charge in [-0.3, -0.25) is 0 Å². The van der Waals surface area contributed by atoms with Crippen LogP contribution in [0.5, 0.6) is 0 Å². The standard InChI is InChI=1S/C43H27N3O2/c1-2-11-27(12-3-1)41-44-42(30-21-20-26-10-4-5-13-28(26)24-30)46-43(45-41)35-17-9-19-37-39(35)34-16-8-15-31(40(34)48-37)29-22-23-33-32-14-6-7-18-36(32)47-38(33)25-29/h2,4-25H,1,3H2. The van der Waals surface area contributed by atoms with Gasteiger partial charge in [-0.15, -0.1) is 0 Å². The number of para-hydroxylation sites is 2. The number of nitrogens with zero attached hydrogens (tertiary/aromatic N) is 3. The van der Waals surface area contributed by atoms with Gasteiger partial charge >= 0.3 is 0 Å². The first-order chi connectivity index (χ1) is 23.8. The quantitative estimate of drug-likeness (QED) is 0.197. The summed E-state index contributed by atoms with van der Waals surface area (Å²) in [5.74, 6) is 1.93. The lowest BCUT2D eigenvalue weighted by atomic mass is 9.99. The van der Waals surface area contributed by atoms with Crippen LogP contribution in [0.15, 0.2) is 148 Å². The average molecular weight is 618 g/mol. The minimum absolute atomic E-state index is 0.616. The van der Waals surface area contributed by atoms with Crippen LogP contribution in [0, 0.1) is 0 Å². The molecule has 6 aromatic carbocycles. The maximum atomic E-state index is 6.66. The maximum Gasteiger partial charge on any atom is 0.164 e. The van der Waals surface area contributed by atoms with Crippen molar-refractivity contribution in [2.45, 2.75) is 12.8 Å². The van der Waals surface area contributed by atoms with Crippen molar-refractivity contribution < 1.29 is 8.83 Å². The number of fused-ring (bicyclic) bond motifs is 7. The molecule has 0 fully saturated rings. The summed E-state index contributed by atoms with van der Waals surface area (Å²) in [6.07, 6.45) is 8.49. The van der Waals surface area contributed by atoms with E-state index in [4.69, 9.17) is 23.8 Å². The molecule has 3 heterocycles. The van der Waals surface area contributed by atoms with E-state index in [2.05, 4.69) is 109 Å². The lowest BCUT2D eigenvalue weighted by Crippen LogP contribution is -2.03. The highest BCUT2D eigenvalue weighted by Gasteiger charge is 2.20. The van der Waals surface area contributed by atoms with Crippen LogP contribution in [0.4, 0.5) is 0 Å². The van der Waals surface area contributed by atoms with Gasteiger partial charge < -0.3 is 8.83 Å². The number of aromatic nitrogens is 3. The number of hydrogen-bond acceptors (Lipinski definition) is 5. The average Bonchev–Trinajstić information content (AvgIpc) is 3.73. The molecule has 0 radical (unpaired) electrons. The second kappa shape index (κ2) is 10.6. The van der Waals surface area contributed by atoms with Crippen molar-refractivity contribution in [1.82, 2.24) is 15.0 Å². The molecule has 0 bridgehead atoms. The van der Waals surface area contributed by atoms with Crippen LogP contribution in [0.1, 0.15) is 18.7 Å². The Morgan fingerprint density at radius 1 is 0.479 bits per heavy atom. The lowest BCUT2D eigenvalue weighted by Gasteiger charge is -2.11. The van der Waals surface area contributed by atoms with E-state index in [-0.39, 0.29) is 0 Å². The highest BCUT2D eigenvalue weighted by molar-refractivity contribution is 6.15. The van der Waals surface area contributed by atoms with Crippen molar-refractivity contribution in [2.75, 3.05) is 0 Å². The molecule has 1 aliphatic rings. The first kappa shape index (κ1) is 26.8. The maximum absolute atomic E-state index is 6.66. The molecule has 5 heteroatoms. The molecule has 0 saturated heterocycles. The SMILES string of the molecule is C1=CC(c2nc(-c3ccc4ccccc4c3)nc(-c3cccc4oc5c(-c6ccc7c(c6)oc6ccccc67)cccc5c34)n2)=CCC1. The molecule has 0 amide bonds. The third-order valence-electron chi connectivity index (χ3n) is 9.35. The van der Waals surface area contributed by atoms with Gasteiger partial charge in [-0.2, -0.15) is 0 Å². The van der Waals surface area contributed by atoms with Gasteiger partial charge in [0.05, 0.1) is 0 Å². The molecule has 226 valence electrons. The van der Waals surface area contributed by atoms with Crippen molar-refractivity contribution >= 4 is 60.2 Å². The summed E-state index contributed by atoms with van der Waals surface area (Å²) in [7, 11) is 0. The van der Waals surface area contributed by atoms with Crippen molar-refractivity contribution in [3.05, 3.63) is 145 Å². The zero-order valence-electron chi connectivity index (χ0n) is 25.9. The fourth-order valence-electron chi connectivity index (χ4n) is 7.02. The van der Waals surface area contributed by atoms with Crippen LogP contribution in [0.2, 0.25) is 0 Å². The van der Waals surface area contributed by atoms with Crippen molar-refractivity contribution in [2.24, 2.45) is 0 Å². The molecule has 3 aromatic heterocycles. The van der Waals surface area contributed by atoms with E-state index in [1.165, 1.54) is 5.39 Å². The van der Waals surface area contributed by atoms with Crippen molar-refractivity contribution in [3.63, 3.8) is 0 Å². The Labute approximate surface area is 275 Å². The molecule has 0 unspecified atom stereocenters. The summed E-state index contributed by atoms with van der Waals surface area (Å²) < 4.78 is 12.9. The largest absolute Gasteiger partial charge is 0.456 e. The van der Waals surface area contributed by atoms with Gasteiger partial charge in [0.1, 0.15) is 22.3 Å². The first-order valence-electron chi connectivity index (χ1n) is 16.3. The highest BCUT2D eigenvalue weighted by Crippen LogP contribution is 2.41. The van der Waals surface area contributed by atoms with E-state index >= 15 is 0 Å². The fourth-order valence-corrected chi connectivity index (χ4v) is 7.02. The zero-order chi connectivity index (χ0) is 31.6. The number of allylic oxidation sites excluding steroid dienone is 4. The predicted molar refractivity (Wildman–Crippen MR) is 195 cm³/mol. The Morgan fingerprint density at radius 3 is 2.17 bits per heavy atom. The summed E-state index contributed by atoms with van der Waals surface area (Å²) in [6, 6.07) is 41.7. The summed E-state index contributed by atoms with van der Waals surface area (Å²) in [6.45, 7) is 0. The molecule has 0 saturated carbocycles. The monoisotopic (exact) mass is 617 g/mol. The smallest absolute Gasteiger partial charge is 0.164 e. The van der Waals surface area contributed by atoms with Crippen LogP contribution in [-0.4, -0.2) is 15.0 Å². The highest BCUT2D eigenvalue weighted by atomic mass is 16.3. The van der Waals surface area contributed by atoms with E-state index in [9.17, 15) is 0 Å². The van der Waals surface area contributed by atoms with E-state index in [0.717, 1.165) is 89.9 Å². The third-order valence-corrected chi connectivity index (χ3v) is 9.35. The predicted octanol–water partition coefficient (Wildman–Crippen LogP) is 11.6. The van der Waals surface area contributed by atoms with E-state index in [1.807, 2.05) is 30.3 Å². The number of hydrogen-bond donors (Lipinski definition) is 0. The van der Waals surface area contributed by atoms with Gasteiger partial charge in [-0.05, 0) is 59.5 Å². The molecule has 48 heavy (non-hydrogen) atoms. The topological polar surface area (TPSA) is 65.0 Å². The van der Waals surface area contributed by atoms with Gasteiger partial charge in [0, 0.05) is 43.8 Å². The minimum Gasteiger partial charge on any atom is -0.456 e. The Balaban J connectivity index is 1.17. The summed E-state index contributed by atoms with van der Waals surface area (Å²) in [4.78, 5) is 15.2. The van der Waals surface area contributed by atoms with Crippen LogP contribution >= 0.6 is 0 Å². The number of benzene rings is 6. The summed E-state index contributed by atoms with van der Waals surface area (Å²) in [5, 5.41) is 6.53. The molecule has 9 aromatic rings. The first-order valence-corrected chi connectivity index (χ1v) is 16.3. The Kier molecular flexibility index (Phi) is 5.93. The molecule has 0 N–H and O–H groups in total. The van der Waals surface area contributed by atoms with E-state index in [1.54, 1.807) is 0 Å². The van der Waals surface area contributed by atoms with Crippen molar-refractivity contribution in [3.8, 4) is 33.9 Å². The fraction of sp³-hybridized carbons (Fsp3) is 0.0465. The Bertz CT molecular complexity index is 2800. The van der Waals surface area contributed by atoms with Crippen LogP contribution < -0.4 is 0 Å². The normalized spacial score (nSPS) is 13.3. The minimum atomic E-state index is 0.616. The molecular weight excluding hydrogens is 590 g/mol. The molecule has 0 aliphatic heterocycles. The Morgan fingerprint density at radius 2 is 1.23 bits per heavy atom. The van der Waals surface area contributed by atoms with Gasteiger partial charge in [-0.25, -0.2) is 15.0 Å². The molecule has 1 aliphatic carbocycles. The van der Waals surface area contributed by atoms with Gasteiger partial charge in [0.15, 0.2) is 17.5 Å². The van der Waals surface area contributed by atoms with E-state index < -0.39 is 0 Å². The third kappa shape index (κ3) is 4.28. The number of furan rings is 2. The molecule has 10 rings (SSSR count). The summed E-state index contributed by atoms with van der Waals surface area (Å²) >= 11 is 0. The van der Waals surface area contributed by atoms with Crippen molar-refractivity contribution in [1.29, 1.82) is 0 Å². The molecule has 0 spiro atoms. The second-order valence-corrected chi connectivity index (χ2v) is 12.3. The lowest BCUT2D eigenvalue weighted by molar-refractivity contribution is 0.668. The zero-order valence-corrected chi connectivity index (χ0v) is 25.9. The molecule has 5 nitrogen and oxygen atoms in total. The number of rotatable bonds is 4. The molecule has 0 atom stereocenters. The second-order valence-electron chi connectivity index (χ2n) is 12.3. The van der Waals surface area contributed by atoms with Gasteiger partial charge in [0.25, 0.3) is 0 Å².